The van der Waals surface area contributed by atoms with E-state index in [1.54, 1.807) is 10.6 Å². The number of nitrogens with zero attached hydrogens (tertiary/aromatic N) is 1. The van der Waals surface area contributed by atoms with Crippen molar-refractivity contribution in [3.8, 4) is 5.75 Å². The number of carbonyl (C=O) groups is 1. The van der Waals surface area contributed by atoms with E-state index in [1.807, 2.05) is 25.2 Å². The molecular formula is C18H23NO5. The average molecular weight is 333 g/mol. The van der Waals surface area contributed by atoms with Crippen molar-refractivity contribution in [2.24, 2.45) is 7.05 Å². The lowest BCUT2D eigenvalue weighted by atomic mass is 10.2. The van der Waals surface area contributed by atoms with Crippen LogP contribution >= 0.6 is 0 Å². The average Bonchev–Trinajstić information content (AvgIpc) is 2.96. The minimum Gasteiger partial charge on any atom is -0.489 e. The van der Waals surface area contributed by atoms with Gasteiger partial charge in [0.15, 0.2) is 6.29 Å². The van der Waals surface area contributed by atoms with Crippen LogP contribution in [0.1, 0.15) is 29.8 Å². The number of hydrogen-bond donors (Lipinski definition) is 0. The van der Waals surface area contributed by atoms with Crippen LogP contribution in [0.15, 0.2) is 24.3 Å². The fraction of sp³-hybridized carbons (Fsp3) is 0.500. The summed E-state index contributed by atoms with van der Waals surface area (Å²) in [6.07, 6.45) is 3.08. The molecule has 1 aromatic heterocycles. The van der Waals surface area contributed by atoms with Gasteiger partial charge in [0.1, 0.15) is 18.1 Å². The summed E-state index contributed by atoms with van der Waals surface area (Å²) in [5.41, 5.74) is 1.36. The lowest BCUT2D eigenvalue weighted by molar-refractivity contribution is -0.165. The Labute approximate surface area is 141 Å². The van der Waals surface area contributed by atoms with E-state index in [-0.39, 0.29) is 12.3 Å². The maximum Gasteiger partial charge on any atom is 0.354 e. The van der Waals surface area contributed by atoms with Crippen LogP contribution in [-0.4, -0.2) is 43.8 Å². The highest BCUT2D eigenvalue weighted by atomic mass is 16.7. The monoisotopic (exact) mass is 333 g/mol. The predicted octanol–water partition coefficient (Wildman–Crippen LogP) is 2.89. The molecule has 1 atom stereocenters. The van der Waals surface area contributed by atoms with Crippen LogP contribution in [0.2, 0.25) is 0 Å². The van der Waals surface area contributed by atoms with Gasteiger partial charge in [-0.05, 0) is 31.4 Å². The second kappa shape index (κ2) is 7.68. The molecule has 2 aromatic rings. The van der Waals surface area contributed by atoms with Crippen LogP contribution in [0.25, 0.3) is 10.9 Å². The fourth-order valence-corrected chi connectivity index (χ4v) is 2.97. The molecule has 1 aliphatic heterocycles. The normalized spacial score (nSPS) is 17.8. The maximum absolute atomic E-state index is 11.8. The number of aryl methyl sites for hydroxylation is 1. The van der Waals surface area contributed by atoms with Crippen LogP contribution in [0, 0.1) is 0 Å². The number of benzene rings is 1. The molecule has 1 aromatic carbocycles. The SMILES string of the molecule is COC(=O)c1cc2cccc(OCCOC3CCCCO3)c2n1C. The summed E-state index contributed by atoms with van der Waals surface area (Å²) in [6.45, 7) is 1.66. The molecule has 1 fully saturated rings. The molecule has 0 radical (unpaired) electrons. The van der Waals surface area contributed by atoms with E-state index in [0.29, 0.717) is 18.9 Å². The van der Waals surface area contributed by atoms with Crippen molar-refractivity contribution in [3.63, 3.8) is 0 Å². The molecule has 1 aliphatic rings. The maximum atomic E-state index is 11.8. The summed E-state index contributed by atoms with van der Waals surface area (Å²) in [6, 6.07) is 7.55. The Bertz CT molecular complexity index is 703. The number of fused-ring (bicyclic) bond motifs is 1. The zero-order valence-electron chi connectivity index (χ0n) is 14.1. The van der Waals surface area contributed by atoms with Crippen LogP contribution in [0.5, 0.6) is 5.75 Å². The van der Waals surface area contributed by atoms with Gasteiger partial charge in [0.25, 0.3) is 0 Å². The number of ether oxygens (including phenoxy) is 4. The minimum atomic E-state index is -0.363. The summed E-state index contributed by atoms with van der Waals surface area (Å²) >= 11 is 0. The molecule has 1 unspecified atom stereocenters. The van der Waals surface area contributed by atoms with Crippen molar-refractivity contribution >= 4 is 16.9 Å². The molecule has 0 aliphatic carbocycles. The highest BCUT2D eigenvalue weighted by Gasteiger charge is 2.17. The first-order chi connectivity index (χ1) is 11.7. The van der Waals surface area contributed by atoms with Gasteiger partial charge in [-0.15, -0.1) is 0 Å². The zero-order valence-corrected chi connectivity index (χ0v) is 14.1. The highest BCUT2D eigenvalue weighted by Crippen LogP contribution is 2.28. The van der Waals surface area contributed by atoms with Crippen molar-refractivity contribution in [3.05, 3.63) is 30.0 Å². The van der Waals surface area contributed by atoms with Crippen LogP contribution in [-0.2, 0) is 21.3 Å². The van der Waals surface area contributed by atoms with Crippen LogP contribution in [0.3, 0.4) is 0 Å². The Morgan fingerprint density at radius 2 is 2.21 bits per heavy atom. The standard InChI is InChI=1S/C18H23NO5/c1-19-14(18(20)21-2)12-13-6-5-7-15(17(13)19)22-10-11-24-16-8-3-4-9-23-16/h5-7,12,16H,3-4,8-11H2,1-2H3. The topological polar surface area (TPSA) is 58.9 Å². The number of para-hydroxylation sites is 1. The Hall–Kier alpha value is -2.05. The minimum absolute atomic E-state index is 0.112. The summed E-state index contributed by atoms with van der Waals surface area (Å²) < 4.78 is 23.7. The largest absolute Gasteiger partial charge is 0.489 e. The van der Waals surface area contributed by atoms with Crippen LogP contribution in [0.4, 0.5) is 0 Å². The first kappa shape index (κ1) is 16.8. The summed E-state index contributed by atoms with van der Waals surface area (Å²) in [4.78, 5) is 11.8. The molecule has 0 amide bonds. The summed E-state index contributed by atoms with van der Waals surface area (Å²) in [7, 11) is 3.20. The van der Waals surface area contributed by atoms with Crippen molar-refractivity contribution in [1.82, 2.24) is 4.57 Å². The van der Waals surface area contributed by atoms with E-state index in [9.17, 15) is 4.79 Å². The van der Waals surface area contributed by atoms with Gasteiger partial charge in [0.2, 0.25) is 0 Å². The molecule has 3 rings (SSSR count). The molecule has 0 N–H and O–H groups in total. The van der Waals surface area contributed by atoms with Crippen molar-refractivity contribution < 1.29 is 23.7 Å². The zero-order chi connectivity index (χ0) is 16.9. The van der Waals surface area contributed by atoms with Crippen LogP contribution < -0.4 is 4.74 Å². The van der Waals surface area contributed by atoms with Gasteiger partial charge in [-0.3, -0.25) is 0 Å². The first-order valence-electron chi connectivity index (χ1n) is 8.23. The van der Waals surface area contributed by atoms with E-state index in [1.165, 1.54) is 7.11 Å². The van der Waals surface area contributed by atoms with Crippen molar-refractivity contribution in [2.45, 2.75) is 25.6 Å². The first-order valence-corrected chi connectivity index (χ1v) is 8.23. The third kappa shape index (κ3) is 3.55. The fourth-order valence-electron chi connectivity index (χ4n) is 2.97. The van der Waals surface area contributed by atoms with Gasteiger partial charge in [-0.2, -0.15) is 0 Å². The third-order valence-corrected chi connectivity index (χ3v) is 4.20. The molecule has 2 heterocycles. The van der Waals surface area contributed by atoms with E-state index in [0.717, 1.165) is 42.5 Å². The van der Waals surface area contributed by atoms with Gasteiger partial charge < -0.3 is 23.5 Å². The Morgan fingerprint density at radius 1 is 1.33 bits per heavy atom. The number of aromatic nitrogens is 1. The van der Waals surface area contributed by atoms with Gasteiger partial charge in [-0.1, -0.05) is 12.1 Å². The number of hydrogen-bond acceptors (Lipinski definition) is 5. The molecule has 0 spiro atoms. The van der Waals surface area contributed by atoms with Gasteiger partial charge >= 0.3 is 5.97 Å². The van der Waals surface area contributed by atoms with E-state index >= 15 is 0 Å². The Kier molecular flexibility index (Phi) is 5.37. The van der Waals surface area contributed by atoms with Crippen molar-refractivity contribution in [1.29, 1.82) is 0 Å². The molecule has 130 valence electrons. The number of esters is 1. The molecule has 0 bridgehead atoms. The number of methoxy groups -OCH3 is 1. The Morgan fingerprint density at radius 3 is 2.96 bits per heavy atom. The molecular weight excluding hydrogens is 310 g/mol. The molecule has 24 heavy (non-hydrogen) atoms. The molecule has 6 nitrogen and oxygen atoms in total. The van der Waals surface area contributed by atoms with Gasteiger partial charge in [0, 0.05) is 19.0 Å². The molecule has 6 heteroatoms. The Balaban J connectivity index is 1.65. The van der Waals surface area contributed by atoms with E-state index in [4.69, 9.17) is 18.9 Å². The highest BCUT2D eigenvalue weighted by molar-refractivity contribution is 5.97. The van der Waals surface area contributed by atoms with Gasteiger partial charge in [0.05, 0.1) is 19.2 Å². The van der Waals surface area contributed by atoms with Crippen molar-refractivity contribution in [2.75, 3.05) is 26.9 Å². The third-order valence-electron chi connectivity index (χ3n) is 4.20. The second-order valence-electron chi connectivity index (χ2n) is 5.79. The lowest BCUT2D eigenvalue weighted by Gasteiger charge is -2.22. The molecule has 0 saturated carbocycles. The quantitative estimate of drug-likeness (QED) is 0.601. The molecule has 1 saturated heterocycles. The summed E-state index contributed by atoms with van der Waals surface area (Å²) in [5.74, 6) is 0.357. The lowest BCUT2D eigenvalue weighted by Crippen LogP contribution is -2.24. The second-order valence-corrected chi connectivity index (χ2v) is 5.79. The number of rotatable bonds is 6. The summed E-state index contributed by atoms with van der Waals surface area (Å²) in [5, 5.41) is 0.937. The van der Waals surface area contributed by atoms with Gasteiger partial charge in [-0.25, -0.2) is 4.79 Å². The smallest absolute Gasteiger partial charge is 0.354 e. The predicted molar refractivity (Wildman–Crippen MR) is 89.3 cm³/mol. The number of carbonyl (C=O) groups excluding carboxylic acids is 1. The van der Waals surface area contributed by atoms with E-state index < -0.39 is 0 Å². The van der Waals surface area contributed by atoms with E-state index in [2.05, 4.69) is 0 Å².